The number of aliphatic hydroxyl groups excluding tert-OH is 1. The summed E-state index contributed by atoms with van der Waals surface area (Å²) in [5.74, 6) is -0.0638. The van der Waals surface area contributed by atoms with E-state index in [0.29, 0.717) is 16.9 Å². The normalized spacial score (nSPS) is 14.6. The highest BCUT2D eigenvalue weighted by Gasteiger charge is 2.36. The minimum Gasteiger partial charge on any atom is -0.496 e. The van der Waals surface area contributed by atoms with E-state index in [-0.39, 0.29) is 31.6 Å². The summed E-state index contributed by atoms with van der Waals surface area (Å²) in [7, 11) is 1.58. The van der Waals surface area contributed by atoms with Crippen LogP contribution in [0.4, 0.5) is 0 Å². The molecular weight excluding hydrogens is 322 g/mol. The number of ether oxygens (including phenoxy) is 2. The van der Waals surface area contributed by atoms with Gasteiger partial charge in [0.15, 0.2) is 0 Å². The molecule has 130 valence electrons. The van der Waals surface area contributed by atoms with E-state index >= 15 is 0 Å². The van der Waals surface area contributed by atoms with Crippen molar-refractivity contribution in [3.8, 4) is 5.75 Å². The second kappa shape index (κ2) is 7.46. The lowest BCUT2D eigenvalue weighted by Crippen LogP contribution is -2.38. The number of methoxy groups -OCH3 is 1. The van der Waals surface area contributed by atoms with Gasteiger partial charge in [0, 0.05) is 5.56 Å². The van der Waals surface area contributed by atoms with Gasteiger partial charge in [-0.15, -0.1) is 0 Å². The Labute approximate surface area is 145 Å². The number of amides is 2. The van der Waals surface area contributed by atoms with Gasteiger partial charge in [-0.3, -0.25) is 14.5 Å². The summed E-state index contributed by atoms with van der Waals surface area (Å²) in [5, 5.41) is 10.1. The van der Waals surface area contributed by atoms with Gasteiger partial charge in [0.1, 0.15) is 5.75 Å². The summed E-state index contributed by atoms with van der Waals surface area (Å²) in [4.78, 5) is 25.6. The Kier molecular flexibility index (Phi) is 5.11. The average molecular weight is 341 g/mol. The molecule has 6 heteroatoms. The predicted molar refractivity (Wildman–Crippen MR) is 90.5 cm³/mol. The van der Waals surface area contributed by atoms with Crippen molar-refractivity contribution in [1.29, 1.82) is 0 Å². The van der Waals surface area contributed by atoms with Crippen LogP contribution in [-0.2, 0) is 11.3 Å². The zero-order chi connectivity index (χ0) is 17.8. The van der Waals surface area contributed by atoms with Crippen LogP contribution in [0.1, 0.15) is 26.3 Å². The van der Waals surface area contributed by atoms with E-state index in [4.69, 9.17) is 9.47 Å². The lowest BCUT2D eigenvalue weighted by molar-refractivity contribution is 0.0115. The maximum absolute atomic E-state index is 12.3. The minimum absolute atomic E-state index is 0.00541. The largest absolute Gasteiger partial charge is 0.496 e. The van der Waals surface area contributed by atoms with Crippen molar-refractivity contribution in [1.82, 2.24) is 4.90 Å². The predicted octanol–water partition coefficient (Wildman–Crippen LogP) is 1.87. The van der Waals surface area contributed by atoms with Crippen LogP contribution in [0.5, 0.6) is 5.75 Å². The highest BCUT2D eigenvalue weighted by atomic mass is 16.5. The molecule has 0 spiro atoms. The molecule has 1 heterocycles. The number of aliphatic hydroxyl groups is 1. The lowest BCUT2D eigenvalue weighted by atomic mass is 10.1. The monoisotopic (exact) mass is 341 g/mol. The van der Waals surface area contributed by atoms with Gasteiger partial charge in [-0.2, -0.15) is 0 Å². The first kappa shape index (κ1) is 17.1. The fraction of sp³-hybridized carbons (Fsp3) is 0.263. The Morgan fingerprint density at radius 3 is 2.24 bits per heavy atom. The van der Waals surface area contributed by atoms with Gasteiger partial charge in [0.25, 0.3) is 11.8 Å². The first-order chi connectivity index (χ1) is 12.1. The number of nitrogens with zero attached hydrogens (tertiary/aromatic N) is 1. The summed E-state index contributed by atoms with van der Waals surface area (Å²) in [5.41, 5.74) is 1.60. The zero-order valence-corrected chi connectivity index (χ0v) is 13.8. The standard InChI is InChI=1S/C19H19NO5/c1-24-17-9-5-2-6-13(17)11-25-12-14(21)10-20-18(22)15-7-3-4-8-16(15)19(20)23/h2-9,14,21H,10-12H2,1H3/t14-/m0/s1. The van der Waals surface area contributed by atoms with Crippen molar-refractivity contribution in [3.63, 3.8) is 0 Å². The molecule has 1 aliphatic heterocycles. The summed E-state index contributed by atoms with van der Waals surface area (Å²) in [6.45, 7) is 0.174. The maximum atomic E-state index is 12.3. The number of hydrogen-bond donors (Lipinski definition) is 1. The zero-order valence-electron chi connectivity index (χ0n) is 13.8. The molecule has 0 fully saturated rings. The van der Waals surface area contributed by atoms with E-state index < -0.39 is 6.10 Å². The molecule has 1 N–H and O–H groups in total. The topological polar surface area (TPSA) is 76.1 Å². The van der Waals surface area contributed by atoms with Crippen LogP contribution in [-0.4, -0.2) is 48.2 Å². The van der Waals surface area contributed by atoms with Crippen LogP contribution in [0.15, 0.2) is 48.5 Å². The third kappa shape index (κ3) is 3.55. The number of carbonyl (C=O) groups is 2. The summed E-state index contributed by atoms with van der Waals surface area (Å²) in [6, 6.07) is 14.1. The number of benzene rings is 2. The average Bonchev–Trinajstić information content (AvgIpc) is 2.87. The molecule has 0 bridgehead atoms. The van der Waals surface area contributed by atoms with Crippen LogP contribution in [0.3, 0.4) is 0 Å². The van der Waals surface area contributed by atoms with Crippen LogP contribution in [0.2, 0.25) is 0 Å². The third-order valence-electron chi connectivity index (χ3n) is 4.03. The number of imide groups is 1. The van der Waals surface area contributed by atoms with Gasteiger partial charge >= 0.3 is 0 Å². The molecule has 6 nitrogen and oxygen atoms in total. The Balaban J connectivity index is 1.54. The number of para-hydroxylation sites is 1. The third-order valence-corrected chi connectivity index (χ3v) is 4.03. The molecule has 25 heavy (non-hydrogen) atoms. The Hall–Kier alpha value is -2.70. The van der Waals surface area contributed by atoms with Crippen LogP contribution < -0.4 is 4.74 Å². The Bertz CT molecular complexity index is 754. The van der Waals surface area contributed by atoms with Crippen molar-refractivity contribution in [2.24, 2.45) is 0 Å². The molecule has 0 aliphatic carbocycles. The quantitative estimate of drug-likeness (QED) is 0.778. The molecule has 3 rings (SSSR count). The number of fused-ring (bicyclic) bond motifs is 1. The minimum atomic E-state index is -0.961. The fourth-order valence-corrected chi connectivity index (χ4v) is 2.80. The van der Waals surface area contributed by atoms with E-state index in [0.717, 1.165) is 10.5 Å². The molecule has 2 amide bonds. The fourth-order valence-electron chi connectivity index (χ4n) is 2.80. The first-order valence-electron chi connectivity index (χ1n) is 7.94. The van der Waals surface area contributed by atoms with E-state index in [9.17, 15) is 14.7 Å². The maximum Gasteiger partial charge on any atom is 0.261 e. The molecule has 1 aliphatic rings. The van der Waals surface area contributed by atoms with Crippen molar-refractivity contribution in [2.75, 3.05) is 20.3 Å². The molecule has 0 radical (unpaired) electrons. The van der Waals surface area contributed by atoms with Crippen LogP contribution >= 0.6 is 0 Å². The van der Waals surface area contributed by atoms with Gasteiger partial charge in [-0.1, -0.05) is 30.3 Å². The number of hydrogen-bond acceptors (Lipinski definition) is 5. The second-order valence-corrected chi connectivity index (χ2v) is 5.75. The van der Waals surface area contributed by atoms with E-state index in [1.54, 1.807) is 31.4 Å². The van der Waals surface area contributed by atoms with Crippen molar-refractivity contribution in [3.05, 3.63) is 65.2 Å². The molecule has 2 aromatic carbocycles. The highest BCUT2D eigenvalue weighted by Crippen LogP contribution is 2.22. The van der Waals surface area contributed by atoms with Gasteiger partial charge in [0.2, 0.25) is 0 Å². The molecule has 0 saturated heterocycles. The number of carbonyl (C=O) groups excluding carboxylic acids is 2. The molecule has 2 aromatic rings. The first-order valence-corrected chi connectivity index (χ1v) is 7.94. The molecule has 0 saturated carbocycles. The van der Waals surface area contributed by atoms with Crippen LogP contribution in [0, 0.1) is 0 Å². The molecular formula is C19H19NO5. The summed E-state index contributed by atoms with van der Waals surface area (Å²) < 4.78 is 10.7. The van der Waals surface area contributed by atoms with E-state index in [1.165, 1.54) is 0 Å². The SMILES string of the molecule is COc1ccccc1COC[C@@H](O)CN1C(=O)c2ccccc2C1=O. The smallest absolute Gasteiger partial charge is 0.261 e. The highest BCUT2D eigenvalue weighted by molar-refractivity contribution is 6.21. The summed E-state index contributed by atoms with van der Waals surface area (Å²) in [6.07, 6.45) is -0.961. The van der Waals surface area contributed by atoms with Crippen molar-refractivity contribution in [2.45, 2.75) is 12.7 Å². The Morgan fingerprint density at radius 2 is 1.60 bits per heavy atom. The lowest BCUT2D eigenvalue weighted by Gasteiger charge is -2.18. The molecule has 0 unspecified atom stereocenters. The number of rotatable bonds is 7. The van der Waals surface area contributed by atoms with Gasteiger partial charge < -0.3 is 14.6 Å². The number of β-amino-alcohol motifs (C(OH)–C–C–N with tert-alkyl or cyclic N) is 1. The van der Waals surface area contributed by atoms with Gasteiger partial charge in [0.05, 0.1) is 44.1 Å². The van der Waals surface area contributed by atoms with E-state index in [1.807, 2.05) is 24.3 Å². The van der Waals surface area contributed by atoms with E-state index in [2.05, 4.69) is 0 Å². The molecule has 0 aromatic heterocycles. The van der Waals surface area contributed by atoms with Gasteiger partial charge in [-0.05, 0) is 18.2 Å². The second-order valence-electron chi connectivity index (χ2n) is 5.75. The van der Waals surface area contributed by atoms with Crippen molar-refractivity contribution < 1.29 is 24.2 Å². The van der Waals surface area contributed by atoms with Gasteiger partial charge in [-0.25, -0.2) is 0 Å². The summed E-state index contributed by atoms with van der Waals surface area (Å²) >= 11 is 0. The Morgan fingerprint density at radius 1 is 1.00 bits per heavy atom. The van der Waals surface area contributed by atoms with Crippen molar-refractivity contribution >= 4 is 11.8 Å². The molecule has 1 atom stereocenters. The van der Waals surface area contributed by atoms with Crippen LogP contribution in [0.25, 0.3) is 0 Å².